The second-order valence-corrected chi connectivity index (χ2v) is 15.6. The highest BCUT2D eigenvalue weighted by Crippen LogP contribution is 2.53. The van der Waals surface area contributed by atoms with Gasteiger partial charge in [-0.05, 0) is 115 Å². The van der Waals surface area contributed by atoms with Crippen molar-refractivity contribution in [3.63, 3.8) is 0 Å². The van der Waals surface area contributed by atoms with E-state index >= 15 is 0 Å². The molecule has 0 bridgehead atoms. The lowest BCUT2D eigenvalue weighted by atomic mass is 9.73. The molecule has 0 radical (unpaired) electrons. The summed E-state index contributed by atoms with van der Waals surface area (Å²) in [5.41, 5.74) is 16.8. The van der Waals surface area contributed by atoms with Crippen molar-refractivity contribution in [1.82, 2.24) is 4.98 Å². The largest absolute Gasteiger partial charge is 0.247 e. The molecule has 2 nitrogen and oxygen atoms in total. The second kappa shape index (κ2) is 11.1. The van der Waals surface area contributed by atoms with Gasteiger partial charge in [0.1, 0.15) is 0 Å². The van der Waals surface area contributed by atoms with Crippen LogP contribution < -0.4 is 0 Å². The number of rotatable bonds is 2. The van der Waals surface area contributed by atoms with Crippen molar-refractivity contribution < 1.29 is 0 Å². The Bertz CT molecular complexity index is 2940. The van der Waals surface area contributed by atoms with E-state index in [0.717, 1.165) is 24.1 Å². The lowest BCUT2D eigenvalue weighted by molar-refractivity contribution is 0.660. The lowest BCUT2D eigenvalue weighted by Crippen LogP contribution is -2.16. The summed E-state index contributed by atoms with van der Waals surface area (Å²) >= 11 is 0. The molecular formula is C51H36N2. The molecule has 0 N–H and O–H groups in total. The van der Waals surface area contributed by atoms with Crippen LogP contribution in [0.25, 0.3) is 78.1 Å². The number of hydrogen-bond donors (Lipinski definition) is 0. The smallest absolute Gasteiger partial charge is 0.0991 e. The van der Waals surface area contributed by atoms with E-state index in [9.17, 15) is 5.26 Å². The summed E-state index contributed by atoms with van der Waals surface area (Å²) in [6.45, 7) is 4.60. The number of pyridine rings is 1. The fraction of sp³-hybridized carbons (Fsp3) is 0.137. The summed E-state index contributed by atoms with van der Waals surface area (Å²) < 4.78 is 0. The van der Waals surface area contributed by atoms with E-state index in [1.54, 1.807) is 0 Å². The third-order valence-electron chi connectivity index (χ3n) is 12.5. The fourth-order valence-corrected chi connectivity index (χ4v) is 9.94. The van der Waals surface area contributed by atoms with Crippen LogP contribution in [0.1, 0.15) is 65.1 Å². The molecule has 2 unspecified atom stereocenters. The molecule has 4 aliphatic rings. The Morgan fingerprint density at radius 3 is 2.26 bits per heavy atom. The summed E-state index contributed by atoms with van der Waals surface area (Å²) in [6.07, 6.45) is 20.6. The van der Waals surface area contributed by atoms with E-state index in [1.165, 1.54) is 88.1 Å². The summed E-state index contributed by atoms with van der Waals surface area (Å²) in [4.78, 5) is 5.67. The van der Waals surface area contributed by atoms with Gasteiger partial charge < -0.3 is 0 Å². The molecule has 1 heterocycles. The molecule has 0 saturated heterocycles. The number of benzene rings is 6. The fourth-order valence-electron chi connectivity index (χ4n) is 9.94. The van der Waals surface area contributed by atoms with Gasteiger partial charge in [-0.1, -0.05) is 129 Å². The molecule has 11 rings (SSSR count). The van der Waals surface area contributed by atoms with Crippen LogP contribution in [-0.4, -0.2) is 4.98 Å². The van der Waals surface area contributed by atoms with Gasteiger partial charge in [0.05, 0.1) is 22.8 Å². The Morgan fingerprint density at radius 1 is 0.698 bits per heavy atom. The van der Waals surface area contributed by atoms with E-state index in [0.29, 0.717) is 11.5 Å². The Labute approximate surface area is 309 Å². The van der Waals surface area contributed by atoms with E-state index in [-0.39, 0.29) is 11.3 Å². The van der Waals surface area contributed by atoms with Gasteiger partial charge in [-0.15, -0.1) is 0 Å². The van der Waals surface area contributed by atoms with Gasteiger partial charge >= 0.3 is 0 Å². The van der Waals surface area contributed by atoms with Crippen molar-refractivity contribution in [2.24, 2.45) is 5.92 Å². The van der Waals surface area contributed by atoms with Crippen LogP contribution in [0.5, 0.6) is 0 Å². The zero-order valence-electron chi connectivity index (χ0n) is 29.8. The SMILES string of the molecule is CC1(C)c2cc(C#N)ccc2-c2ccc(-c3c4c(c(-c5nc6cc7ccccc7cc6c6c5C=CC5C=CC=CC65)c5ccccc35)CCC=C4)cc21. The summed E-state index contributed by atoms with van der Waals surface area (Å²) in [7, 11) is 0. The molecule has 4 aliphatic carbocycles. The van der Waals surface area contributed by atoms with Gasteiger partial charge in [-0.3, -0.25) is 0 Å². The molecule has 6 aromatic carbocycles. The molecule has 7 aromatic rings. The van der Waals surface area contributed by atoms with Gasteiger partial charge in [-0.25, -0.2) is 4.98 Å². The van der Waals surface area contributed by atoms with Crippen LogP contribution in [0, 0.1) is 17.2 Å². The number of nitriles is 1. The third-order valence-corrected chi connectivity index (χ3v) is 12.5. The number of nitrogens with zero attached hydrogens (tertiary/aromatic N) is 2. The zero-order valence-corrected chi connectivity index (χ0v) is 29.8. The van der Waals surface area contributed by atoms with Crippen molar-refractivity contribution in [3.05, 3.63) is 172 Å². The first-order valence-corrected chi connectivity index (χ1v) is 18.8. The van der Waals surface area contributed by atoms with Crippen LogP contribution >= 0.6 is 0 Å². The first-order chi connectivity index (χ1) is 26.0. The maximum Gasteiger partial charge on any atom is 0.0991 e. The highest BCUT2D eigenvalue weighted by molar-refractivity contribution is 6.12. The van der Waals surface area contributed by atoms with Crippen molar-refractivity contribution in [3.8, 4) is 39.6 Å². The third kappa shape index (κ3) is 4.29. The van der Waals surface area contributed by atoms with E-state index in [1.807, 2.05) is 6.07 Å². The maximum atomic E-state index is 9.71. The summed E-state index contributed by atoms with van der Waals surface area (Å²) in [5.74, 6) is 0.588. The Balaban J connectivity index is 1.20. The molecular weight excluding hydrogens is 641 g/mol. The maximum absolute atomic E-state index is 9.71. The number of hydrogen-bond acceptors (Lipinski definition) is 2. The van der Waals surface area contributed by atoms with Crippen LogP contribution in [0.3, 0.4) is 0 Å². The molecule has 0 amide bonds. The van der Waals surface area contributed by atoms with E-state index in [2.05, 4.69) is 160 Å². The Morgan fingerprint density at radius 2 is 1.43 bits per heavy atom. The molecule has 0 spiro atoms. The molecule has 250 valence electrons. The van der Waals surface area contributed by atoms with Gasteiger partial charge in [0.25, 0.3) is 0 Å². The standard InChI is InChI=1S/C51H36N2/c1-51(2)44-25-30(29-52)19-22-36(44)37-23-21-34(27-45(37)51)47-38-15-7-9-17-40(38)49(41-18-10-8-16-39(41)47)50-42-24-20-31-11-5-6-14-35(31)48(42)43-26-32-12-3-4-13-33(32)28-46(43)53-50/h3-9,11-17,19-28,31,35H,10,18H2,1-2H3. The average Bonchev–Trinajstić information content (AvgIpc) is 3.43. The minimum absolute atomic E-state index is 0.218. The van der Waals surface area contributed by atoms with Crippen molar-refractivity contribution >= 4 is 44.6 Å². The second-order valence-electron chi connectivity index (χ2n) is 15.6. The van der Waals surface area contributed by atoms with Gasteiger partial charge in [0.15, 0.2) is 0 Å². The normalized spacial score (nSPS) is 18.4. The zero-order chi connectivity index (χ0) is 35.4. The van der Waals surface area contributed by atoms with Crippen LogP contribution in [0.15, 0.2) is 134 Å². The summed E-state index contributed by atoms with van der Waals surface area (Å²) in [5, 5.41) is 15.9. The predicted octanol–water partition coefficient (Wildman–Crippen LogP) is 12.9. The number of aromatic nitrogens is 1. The van der Waals surface area contributed by atoms with Gasteiger partial charge in [0, 0.05) is 33.8 Å². The minimum Gasteiger partial charge on any atom is -0.247 e. The van der Waals surface area contributed by atoms with Gasteiger partial charge in [-0.2, -0.15) is 5.26 Å². The van der Waals surface area contributed by atoms with Crippen molar-refractivity contribution in [2.45, 2.75) is 38.0 Å². The van der Waals surface area contributed by atoms with Crippen molar-refractivity contribution in [2.75, 3.05) is 0 Å². The first-order valence-electron chi connectivity index (χ1n) is 18.8. The monoisotopic (exact) mass is 676 g/mol. The Hall–Kier alpha value is -6.30. The topological polar surface area (TPSA) is 36.7 Å². The van der Waals surface area contributed by atoms with Gasteiger partial charge in [0.2, 0.25) is 0 Å². The number of allylic oxidation sites excluding steroid dienone is 6. The highest BCUT2D eigenvalue weighted by Gasteiger charge is 2.37. The summed E-state index contributed by atoms with van der Waals surface area (Å²) in [6, 6.07) is 37.9. The molecule has 1 aromatic heterocycles. The van der Waals surface area contributed by atoms with Crippen molar-refractivity contribution in [1.29, 1.82) is 5.26 Å². The molecule has 0 fully saturated rings. The quantitative estimate of drug-likeness (QED) is 0.171. The molecule has 53 heavy (non-hydrogen) atoms. The Kier molecular flexibility index (Phi) is 6.35. The highest BCUT2D eigenvalue weighted by atomic mass is 14.7. The first kappa shape index (κ1) is 30.3. The van der Waals surface area contributed by atoms with E-state index < -0.39 is 0 Å². The lowest BCUT2D eigenvalue weighted by Gasteiger charge is -2.31. The van der Waals surface area contributed by atoms with Crippen LogP contribution in [0.2, 0.25) is 0 Å². The van der Waals surface area contributed by atoms with E-state index in [4.69, 9.17) is 4.98 Å². The average molecular weight is 677 g/mol. The molecule has 2 heteroatoms. The van der Waals surface area contributed by atoms with Crippen LogP contribution in [-0.2, 0) is 11.8 Å². The number of fused-ring (bicyclic) bond motifs is 11. The molecule has 2 atom stereocenters. The molecule has 0 aliphatic heterocycles. The van der Waals surface area contributed by atoms with Crippen LogP contribution in [0.4, 0.5) is 0 Å². The predicted molar refractivity (Wildman–Crippen MR) is 221 cm³/mol. The molecule has 0 saturated carbocycles. The minimum atomic E-state index is -0.218.